The number of aliphatic carboxylic acids is 1. The molecule has 1 N–H and O–H groups in total. The number of carboxylic acid groups (broad SMARTS) is 1. The van der Waals surface area contributed by atoms with Crippen LogP contribution in [0.1, 0.15) is 29.9 Å². The van der Waals surface area contributed by atoms with E-state index in [0.717, 1.165) is 48.9 Å². The number of carbonyl (C=O) groups is 2. The Morgan fingerprint density at radius 3 is 2.55 bits per heavy atom. The number of nitrogens with zero attached hydrogens (tertiary/aromatic N) is 4. The highest BCUT2D eigenvalue weighted by Gasteiger charge is 2.47. The number of rotatable bonds is 3. The monoisotopic (exact) mass is 440 g/mol. The van der Waals surface area contributed by atoms with Crippen molar-refractivity contribution in [2.75, 3.05) is 24.5 Å². The van der Waals surface area contributed by atoms with Gasteiger partial charge in [-0.15, -0.1) is 0 Å². The molecular weight excluding hydrogens is 417 g/mol. The summed E-state index contributed by atoms with van der Waals surface area (Å²) in [5.41, 5.74) is 1.97. The van der Waals surface area contributed by atoms with Crippen molar-refractivity contribution in [1.82, 2.24) is 15.0 Å². The van der Waals surface area contributed by atoms with Gasteiger partial charge in [0, 0.05) is 43.2 Å². The van der Waals surface area contributed by atoms with Crippen LogP contribution in [-0.2, 0) is 16.1 Å². The number of carboxylic acids is 1. The zero-order valence-corrected chi connectivity index (χ0v) is 17.1. The summed E-state index contributed by atoms with van der Waals surface area (Å²) < 4.78 is 37.0. The highest BCUT2D eigenvalue weighted by Crippen LogP contribution is 2.41. The predicted molar refractivity (Wildman–Crippen MR) is 103 cm³/mol. The second kappa shape index (κ2) is 8.56. The summed E-state index contributed by atoms with van der Waals surface area (Å²) in [7, 11) is 0. The molecule has 0 radical (unpaired) electrons. The molecule has 1 atom stereocenters. The number of likely N-dealkylation sites (tertiary alicyclic amines) is 1. The number of hydrogen-bond acceptors (Lipinski definition) is 6. The van der Waals surface area contributed by atoms with Crippen LogP contribution >= 0.6 is 0 Å². The molecule has 0 bridgehead atoms. The number of hydrogen-bond donors (Lipinski definition) is 1. The van der Waals surface area contributed by atoms with E-state index < -0.39 is 12.1 Å². The smallest absolute Gasteiger partial charge is 0.475 e. The van der Waals surface area contributed by atoms with Crippen LogP contribution in [0.2, 0.25) is 0 Å². The molecule has 1 amide bonds. The van der Waals surface area contributed by atoms with E-state index in [1.54, 1.807) is 0 Å². The van der Waals surface area contributed by atoms with Gasteiger partial charge in [-0.05, 0) is 32.4 Å². The lowest BCUT2D eigenvalue weighted by atomic mass is 9.86. The molecule has 11 heteroatoms. The summed E-state index contributed by atoms with van der Waals surface area (Å²) in [4.78, 5) is 30.2. The second-order valence-electron chi connectivity index (χ2n) is 7.89. The Kier molecular flexibility index (Phi) is 6.23. The molecule has 4 rings (SSSR count). The lowest BCUT2D eigenvalue weighted by molar-refractivity contribution is -0.192. The van der Waals surface area contributed by atoms with Crippen molar-refractivity contribution in [3.63, 3.8) is 0 Å². The molecule has 31 heavy (non-hydrogen) atoms. The van der Waals surface area contributed by atoms with E-state index >= 15 is 0 Å². The number of anilines is 1. The van der Waals surface area contributed by atoms with Gasteiger partial charge in [-0.1, -0.05) is 11.2 Å². The van der Waals surface area contributed by atoms with Crippen LogP contribution in [0.3, 0.4) is 0 Å². The molecule has 2 fully saturated rings. The van der Waals surface area contributed by atoms with Gasteiger partial charge in [0.25, 0.3) is 0 Å². The summed E-state index contributed by atoms with van der Waals surface area (Å²) in [5.74, 6) is -0.709. The van der Waals surface area contributed by atoms with Crippen LogP contribution in [0.25, 0.3) is 0 Å². The van der Waals surface area contributed by atoms with E-state index in [1.807, 2.05) is 43.1 Å². The Morgan fingerprint density at radius 1 is 1.29 bits per heavy atom. The Balaban J connectivity index is 0.000000339. The van der Waals surface area contributed by atoms with Crippen LogP contribution in [0.5, 0.6) is 0 Å². The van der Waals surface area contributed by atoms with E-state index in [9.17, 15) is 18.0 Å². The zero-order chi connectivity index (χ0) is 22.8. The fourth-order valence-electron chi connectivity index (χ4n) is 3.99. The van der Waals surface area contributed by atoms with Gasteiger partial charge in [-0.25, -0.2) is 9.78 Å². The maximum Gasteiger partial charge on any atom is 0.490 e. The van der Waals surface area contributed by atoms with Crippen molar-refractivity contribution in [2.24, 2.45) is 5.41 Å². The Hall–Kier alpha value is -3.11. The third-order valence-corrected chi connectivity index (χ3v) is 5.59. The number of pyridine rings is 1. The molecule has 1 unspecified atom stereocenters. The predicted octanol–water partition coefficient (Wildman–Crippen LogP) is 2.95. The van der Waals surface area contributed by atoms with Crippen molar-refractivity contribution < 1.29 is 32.4 Å². The average molecular weight is 440 g/mol. The molecule has 0 aromatic carbocycles. The minimum atomic E-state index is -5.08. The van der Waals surface area contributed by atoms with E-state index in [1.165, 1.54) is 0 Å². The van der Waals surface area contributed by atoms with Crippen molar-refractivity contribution in [2.45, 2.75) is 39.4 Å². The van der Waals surface area contributed by atoms with E-state index in [-0.39, 0.29) is 11.3 Å². The molecular formula is C20H23F3N4O4. The topological polar surface area (TPSA) is 99.8 Å². The number of halogens is 3. The first kappa shape index (κ1) is 22.6. The molecule has 4 heterocycles. The fraction of sp³-hybridized carbons (Fsp3) is 0.500. The van der Waals surface area contributed by atoms with E-state index in [0.29, 0.717) is 13.0 Å². The van der Waals surface area contributed by atoms with Gasteiger partial charge in [0.15, 0.2) is 0 Å². The third kappa shape index (κ3) is 5.15. The van der Waals surface area contributed by atoms with Crippen LogP contribution in [0, 0.1) is 19.3 Å². The van der Waals surface area contributed by atoms with Gasteiger partial charge in [0.2, 0.25) is 5.91 Å². The Labute approximate surface area is 176 Å². The van der Waals surface area contributed by atoms with Gasteiger partial charge in [0.1, 0.15) is 11.6 Å². The van der Waals surface area contributed by atoms with Gasteiger partial charge in [-0.2, -0.15) is 13.2 Å². The van der Waals surface area contributed by atoms with Gasteiger partial charge in [0.05, 0.1) is 12.2 Å². The summed E-state index contributed by atoms with van der Waals surface area (Å²) in [6, 6.07) is 5.98. The maximum atomic E-state index is 12.6. The number of aromatic nitrogens is 2. The number of carbonyl (C=O) groups excluding carboxylic acids is 1. The van der Waals surface area contributed by atoms with Gasteiger partial charge in [-0.3, -0.25) is 4.79 Å². The van der Waals surface area contributed by atoms with Crippen molar-refractivity contribution in [1.29, 1.82) is 0 Å². The zero-order valence-electron chi connectivity index (χ0n) is 17.1. The number of aryl methyl sites for hydroxylation is 2. The van der Waals surface area contributed by atoms with Crippen molar-refractivity contribution in [3.8, 4) is 0 Å². The minimum Gasteiger partial charge on any atom is -0.475 e. The van der Waals surface area contributed by atoms with Gasteiger partial charge >= 0.3 is 12.1 Å². The molecule has 168 valence electrons. The minimum absolute atomic E-state index is 0.0492. The lowest BCUT2D eigenvalue weighted by Gasteiger charge is -2.24. The highest BCUT2D eigenvalue weighted by atomic mass is 19.4. The molecule has 2 aliphatic heterocycles. The molecule has 0 aliphatic carbocycles. The Bertz CT molecular complexity index is 928. The third-order valence-electron chi connectivity index (χ3n) is 5.59. The molecule has 8 nitrogen and oxygen atoms in total. The first-order valence-corrected chi connectivity index (χ1v) is 9.66. The number of amides is 1. The summed E-state index contributed by atoms with van der Waals surface area (Å²) in [6.45, 7) is 7.10. The van der Waals surface area contributed by atoms with Crippen molar-refractivity contribution >= 4 is 17.7 Å². The Morgan fingerprint density at radius 2 is 2.00 bits per heavy atom. The van der Waals surface area contributed by atoms with Crippen LogP contribution in [0.4, 0.5) is 19.0 Å². The SMILES string of the molecule is Cc1noc(C)c1CN1CC2(CCN(c3ccccn3)C2)CC1=O.O=C(O)C(F)(F)F. The highest BCUT2D eigenvalue weighted by molar-refractivity contribution is 5.80. The van der Waals surface area contributed by atoms with E-state index in [2.05, 4.69) is 15.0 Å². The second-order valence-corrected chi connectivity index (χ2v) is 7.89. The fourth-order valence-corrected chi connectivity index (χ4v) is 3.99. The standard InChI is InChI=1S/C18H22N4O2.C2HF3O2/c1-13-15(14(2)24-20-13)10-22-12-18(9-17(22)23)6-8-21(11-18)16-5-3-4-7-19-16;3-2(4,5)1(6)7/h3-5,7H,6,8-12H2,1-2H3;(H,6,7). The molecule has 2 aliphatic rings. The van der Waals surface area contributed by atoms with Gasteiger partial charge < -0.3 is 19.4 Å². The molecule has 1 spiro atoms. The largest absolute Gasteiger partial charge is 0.490 e. The van der Waals surface area contributed by atoms with E-state index in [4.69, 9.17) is 14.4 Å². The summed E-state index contributed by atoms with van der Waals surface area (Å²) in [5, 5.41) is 11.1. The van der Waals surface area contributed by atoms with Crippen LogP contribution in [-0.4, -0.2) is 57.8 Å². The first-order valence-electron chi connectivity index (χ1n) is 9.66. The quantitative estimate of drug-likeness (QED) is 0.783. The van der Waals surface area contributed by atoms with Crippen molar-refractivity contribution in [3.05, 3.63) is 41.4 Å². The van der Waals surface area contributed by atoms with Crippen LogP contribution in [0.15, 0.2) is 28.9 Å². The van der Waals surface area contributed by atoms with Crippen LogP contribution < -0.4 is 4.90 Å². The number of alkyl halides is 3. The normalized spacial score (nSPS) is 20.9. The molecule has 2 aromatic heterocycles. The molecule has 2 aromatic rings. The average Bonchev–Trinajstić information content (AvgIpc) is 3.36. The first-order chi connectivity index (χ1) is 14.5. The molecule has 0 saturated carbocycles. The summed E-state index contributed by atoms with van der Waals surface area (Å²) in [6.07, 6.45) is -1.60. The maximum absolute atomic E-state index is 12.6. The summed E-state index contributed by atoms with van der Waals surface area (Å²) >= 11 is 0. The molecule has 2 saturated heterocycles. The lowest BCUT2D eigenvalue weighted by Crippen LogP contribution is -2.31.